The van der Waals surface area contributed by atoms with Crippen LogP contribution in [0.15, 0.2) is 30.3 Å². The monoisotopic (exact) mass is 288 g/mol. The van der Waals surface area contributed by atoms with Crippen LogP contribution >= 0.6 is 0 Å². The van der Waals surface area contributed by atoms with E-state index in [1.165, 1.54) is 0 Å². The lowest BCUT2D eigenvalue weighted by molar-refractivity contribution is 0.0946. The summed E-state index contributed by atoms with van der Waals surface area (Å²) in [5.74, 6) is 5.73. The van der Waals surface area contributed by atoms with Gasteiger partial charge in [0.1, 0.15) is 5.82 Å². The molecule has 0 unspecified atom stereocenters. The van der Waals surface area contributed by atoms with E-state index in [0.717, 1.165) is 17.3 Å². The van der Waals surface area contributed by atoms with Crippen LogP contribution in [-0.4, -0.2) is 30.6 Å². The number of nitrogens with two attached hydrogens (primary N) is 1. The second-order valence-corrected chi connectivity index (χ2v) is 4.52. The van der Waals surface area contributed by atoms with Crippen molar-refractivity contribution in [3.63, 3.8) is 0 Å². The van der Waals surface area contributed by atoms with Gasteiger partial charge in [0.25, 0.3) is 5.91 Å². The number of nitrogen functional groups attached to an aromatic ring is 1. The molecule has 0 aliphatic carbocycles. The maximum Gasteiger partial charge on any atom is 0.252 e. The molecule has 6 nitrogen and oxygen atoms in total. The number of rotatable bonds is 7. The van der Waals surface area contributed by atoms with Crippen molar-refractivity contribution in [3.05, 3.63) is 35.9 Å². The third kappa shape index (κ3) is 3.90. The number of fused-ring (bicyclic) bond motifs is 1. The van der Waals surface area contributed by atoms with Gasteiger partial charge in [0, 0.05) is 25.1 Å². The van der Waals surface area contributed by atoms with E-state index in [1.807, 2.05) is 31.2 Å². The van der Waals surface area contributed by atoms with Gasteiger partial charge in [-0.05, 0) is 25.5 Å². The number of hydrogen-bond donors (Lipinski definition) is 3. The fourth-order valence-electron chi connectivity index (χ4n) is 2.05. The highest BCUT2D eigenvalue weighted by Gasteiger charge is 2.12. The number of hydrogen-bond acceptors (Lipinski definition) is 5. The molecule has 2 rings (SSSR count). The van der Waals surface area contributed by atoms with Crippen molar-refractivity contribution in [2.75, 3.05) is 25.2 Å². The number of carbonyl (C=O) groups is 1. The summed E-state index contributed by atoms with van der Waals surface area (Å²) >= 11 is 0. The summed E-state index contributed by atoms with van der Waals surface area (Å²) in [7, 11) is 0. The quantitative estimate of drug-likeness (QED) is 0.410. The van der Waals surface area contributed by atoms with E-state index in [9.17, 15) is 4.79 Å². The first-order valence-electron chi connectivity index (χ1n) is 6.98. The minimum absolute atomic E-state index is 0.137. The van der Waals surface area contributed by atoms with Crippen LogP contribution in [0, 0.1) is 0 Å². The number of benzene rings is 1. The summed E-state index contributed by atoms with van der Waals surface area (Å²) in [6.45, 7) is 3.85. The molecule has 1 heterocycles. The molecular weight excluding hydrogens is 268 g/mol. The summed E-state index contributed by atoms with van der Waals surface area (Å²) < 4.78 is 5.24. The van der Waals surface area contributed by atoms with E-state index < -0.39 is 0 Å². The van der Waals surface area contributed by atoms with Crippen LogP contribution in [0.2, 0.25) is 0 Å². The molecule has 0 bridgehead atoms. The highest BCUT2D eigenvalue weighted by molar-refractivity contribution is 6.06. The summed E-state index contributed by atoms with van der Waals surface area (Å²) in [6.07, 6.45) is 0.782. The molecule has 0 saturated carbocycles. The Hall–Kier alpha value is -2.18. The molecule has 112 valence electrons. The molecule has 0 fully saturated rings. The van der Waals surface area contributed by atoms with Crippen LogP contribution in [-0.2, 0) is 4.74 Å². The van der Waals surface area contributed by atoms with Gasteiger partial charge in [-0.3, -0.25) is 4.79 Å². The number of para-hydroxylation sites is 1. The normalized spacial score (nSPS) is 10.6. The van der Waals surface area contributed by atoms with E-state index >= 15 is 0 Å². The number of amides is 1. The molecule has 0 saturated heterocycles. The highest BCUT2D eigenvalue weighted by Crippen LogP contribution is 2.20. The molecule has 1 amide bonds. The van der Waals surface area contributed by atoms with Gasteiger partial charge in [0.2, 0.25) is 0 Å². The van der Waals surface area contributed by atoms with Gasteiger partial charge >= 0.3 is 0 Å². The number of aromatic nitrogens is 1. The molecule has 0 aliphatic heterocycles. The van der Waals surface area contributed by atoms with Gasteiger partial charge < -0.3 is 15.5 Å². The van der Waals surface area contributed by atoms with Crippen molar-refractivity contribution < 1.29 is 9.53 Å². The molecule has 1 aromatic carbocycles. The maximum absolute atomic E-state index is 12.3. The van der Waals surface area contributed by atoms with Crippen molar-refractivity contribution in [2.45, 2.75) is 13.3 Å². The Kier molecular flexibility index (Phi) is 5.48. The zero-order valence-corrected chi connectivity index (χ0v) is 12.1. The number of nitrogens with one attached hydrogen (secondary N) is 2. The third-order valence-corrected chi connectivity index (χ3v) is 3.06. The molecular formula is C15H20N4O2. The van der Waals surface area contributed by atoms with E-state index in [-0.39, 0.29) is 5.91 Å². The second kappa shape index (κ2) is 7.56. The summed E-state index contributed by atoms with van der Waals surface area (Å²) in [6, 6.07) is 9.13. The van der Waals surface area contributed by atoms with Crippen LogP contribution in [0.1, 0.15) is 23.7 Å². The topological polar surface area (TPSA) is 89.3 Å². The average Bonchev–Trinajstić information content (AvgIpc) is 2.53. The van der Waals surface area contributed by atoms with E-state index in [2.05, 4.69) is 15.7 Å². The highest BCUT2D eigenvalue weighted by atomic mass is 16.5. The van der Waals surface area contributed by atoms with Gasteiger partial charge in [0.15, 0.2) is 0 Å². The molecule has 21 heavy (non-hydrogen) atoms. The van der Waals surface area contributed by atoms with Crippen LogP contribution in [0.5, 0.6) is 0 Å². The van der Waals surface area contributed by atoms with Crippen LogP contribution in [0.25, 0.3) is 10.9 Å². The minimum atomic E-state index is -0.137. The zero-order chi connectivity index (χ0) is 15.1. The first-order valence-corrected chi connectivity index (χ1v) is 6.98. The van der Waals surface area contributed by atoms with Crippen LogP contribution in [0.4, 0.5) is 5.82 Å². The Morgan fingerprint density at radius 3 is 2.95 bits per heavy atom. The Labute approximate surface area is 123 Å². The van der Waals surface area contributed by atoms with Crippen molar-refractivity contribution >= 4 is 22.6 Å². The Bertz CT molecular complexity index is 616. The SMILES string of the molecule is CCOCCCNC(=O)c1cc(NN)nc2ccccc12. The Morgan fingerprint density at radius 1 is 1.38 bits per heavy atom. The number of anilines is 1. The molecule has 2 aromatic rings. The molecule has 0 radical (unpaired) electrons. The van der Waals surface area contributed by atoms with Crippen molar-refractivity contribution in [1.82, 2.24) is 10.3 Å². The molecule has 0 aliphatic rings. The van der Waals surface area contributed by atoms with Gasteiger partial charge in [0.05, 0.1) is 11.1 Å². The van der Waals surface area contributed by atoms with Crippen LogP contribution < -0.4 is 16.6 Å². The van der Waals surface area contributed by atoms with Gasteiger partial charge in [-0.2, -0.15) is 0 Å². The fourth-order valence-corrected chi connectivity index (χ4v) is 2.05. The summed E-state index contributed by atoms with van der Waals surface area (Å²) in [5, 5.41) is 3.69. The standard InChI is InChI=1S/C15H20N4O2/c1-2-21-9-5-8-17-15(20)12-10-14(19-16)18-13-7-4-3-6-11(12)13/h3-4,6-7,10H,2,5,8-9,16H2,1H3,(H,17,20)(H,18,19). The smallest absolute Gasteiger partial charge is 0.252 e. The second-order valence-electron chi connectivity index (χ2n) is 4.52. The fraction of sp³-hybridized carbons (Fsp3) is 0.333. The average molecular weight is 288 g/mol. The van der Waals surface area contributed by atoms with Crippen LogP contribution in [0.3, 0.4) is 0 Å². The van der Waals surface area contributed by atoms with Crippen molar-refractivity contribution in [1.29, 1.82) is 0 Å². The van der Waals surface area contributed by atoms with E-state index in [4.69, 9.17) is 10.6 Å². The first-order chi connectivity index (χ1) is 10.3. The van der Waals surface area contributed by atoms with Gasteiger partial charge in [-0.15, -0.1) is 0 Å². The predicted molar refractivity (Wildman–Crippen MR) is 83.0 cm³/mol. The largest absolute Gasteiger partial charge is 0.382 e. The molecule has 4 N–H and O–H groups in total. The summed E-state index contributed by atoms with van der Waals surface area (Å²) in [4.78, 5) is 16.6. The first kappa shape index (κ1) is 15.2. The Morgan fingerprint density at radius 2 is 2.19 bits per heavy atom. The van der Waals surface area contributed by atoms with Gasteiger partial charge in [-0.1, -0.05) is 18.2 Å². The lowest BCUT2D eigenvalue weighted by Gasteiger charge is -2.10. The number of pyridine rings is 1. The number of ether oxygens (including phenoxy) is 1. The number of hydrazine groups is 1. The minimum Gasteiger partial charge on any atom is -0.382 e. The third-order valence-electron chi connectivity index (χ3n) is 3.06. The lowest BCUT2D eigenvalue weighted by atomic mass is 10.1. The maximum atomic E-state index is 12.3. The number of nitrogens with zero attached hydrogens (tertiary/aromatic N) is 1. The molecule has 0 spiro atoms. The molecule has 6 heteroatoms. The van der Waals surface area contributed by atoms with Crippen molar-refractivity contribution in [2.24, 2.45) is 5.84 Å². The number of carbonyl (C=O) groups excluding carboxylic acids is 1. The predicted octanol–water partition coefficient (Wildman–Crippen LogP) is 1.68. The van der Waals surface area contributed by atoms with Gasteiger partial charge in [-0.25, -0.2) is 10.8 Å². The summed E-state index contributed by atoms with van der Waals surface area (Å²) in [5.41, 5.74) is 3.78. The van der Waals surface area contributed by atoms with E-state index in [1.54, 1.807) is 6.07 Å². The molecule has 0 atom stereocenters. The Balaban J connectivity index is 2.14. The van der Waals surface area contributed by atoms with E-state index in [0.29, 0.717) is 31.1 Å². The molecule has 1 aromatic heterocycles. The van der Waals surface area contributed by atoms with Crippen molar-refractivity contribution in [3.8, 4) is 0 Å². The zero-order valence-electron chi connectivity index (χ0n) is 12.1. The lowest BCUT2D eigenvalue weighted by Crippen LogP contribution is -2.26.